The zero-order valence-electron chi connectivity index (χ0n) is 19.0. The van der Waals surface area contributed by atoms with Gasteiger partial charge in [-0.25, -0.2) is 9.37 Å². The maximum atomic E-state index is 13.7. The van der Waals surface area contributed by atoms with Crippen molar-refractivity contribution < 1.29 is 14.1 Å². The number of nitro benzene ring substituents is 1. The van der Waals surface area contributed by atoms with E-state index in [0.717, 1.165) is 5.56 Å². The molecular weight excluding hydrogens is 457 g/mol. The Bertz CT molecular complexity index is 1530. The van der Waals surface area contributed by atoms with E-state index >= 15 is 0 Å². The van der Waals surface area contributed by atoms with E-state index < -0.39 is 4.92 Å². The van der Waals surface area contributed by atoms with Gasteiger partial charge >= 0.3 is 0 Å². The summed E-state index contributed by atoms with van der Waals surface area (Å²) in [7, 11) is 0. The zero-order valence-corrected chi connectivity index (χ0v) is 19.0. The Balaban J connectivity index is 1.74. The topological polar surface area (TPSA) is 78.0 Å². The van der Waals surface area contributed by atoms with Gasteiger partial charge < -0.3 is 4.57 Å². The SMILES string of the molecule is O=C(Cn1c(-c2ccc(F)cc2)nc(-c2ccc([N+](=O)[O-])cc2)c1-c1ccccc1)c1ccccc1. The Morgan fingerprint density at radius 2 is 1.36 bits per heavy atom. The number of hydrogen-bond acceptors (Lipinski definition) is 4. The molecule has 0 radical (unpaired) electrons. The number of nitrogens with zero attached hydrogens (tertiary/aromatic N) is 3. The summed E-state index contributed by atoms with van der Waals surface area (Å²) >= 11 is 0. The number of benzene rings is 4. The third kappa shape index (κ3) is 4.54. The fraction of sp³-hybridized carbons (Fsp3) is 0.0345. The highest BCUT2D eigenvalue weighted by molar-refractivity contribution is 5.97. The van der Waals surface area contributed by atoms with Crippen LogP contribution in [0.5, 0.6) is 0 Å². The van der Waals surface area contributed by atoms with Crippen LogP contribution < -0.4 is 0 Å². The first-order valence-electron chi connectivity index (χ1n) is 11.3. The summed E-state index contributed by atoms with van der Waals surface area (Å²) in [4.78, 5) is 28.9. The first-order chi connectivity index (χ1) is 17.5. The molecule has 0 amide bonds. The number of carbonyl (C=O) groups excluding carboxylic acids is 1. The highest BCUT2D eigenvalue weighted by Gasteiger charge is 2.23. The molecule has 7 heteroatoms. The number of nitro groups is 1. The number of carbonyl (C=O) groups is 1. The van der Waals surface area contributed by atoms with Gasteiger partial charge in [-0.05, 0) is 36.4 Å². The fourth-order valence-corrected chi connectivity index (χ4v) is 4.12. The molecule has 0 spiro atoms. The third-order valence-electron chi connectivity index (χ3n) is 5.87. The molecule has 5 rings (SSSR count). The summed E-state index contributed by atoms with van der Waals surface area (Å²) in [5.74, 6) is 0.00590. The van der Waals surface area contributed by atoms with E-state index in [1.165, 1.54) is 24.3 Å². The Morgan fingerprint density at radius 1 is 0.778 bits per heavy atom. The van der Waals surface area contributed by atoms with Crippen LogP contribution in [0.25, 0.3) is 33.9 Å². The monoisotopic (exact) mass is 477 g/mol. The van der Waals surface area contributed by atoms with Crippen LogP contribution in [0.4, 0.5) is 10.1 Å². The van der Waals surface area contributed by atoms with E-state index in [9.17, 15) is 19.3 Å². The zero-order chi connectivity index (χ0) is 25.1. The fourth-order valence-electron chi connectivity index (χ4n) is 4.12. The third-order valence-corrected chi connectivity index (χ3v) is 5.87. The minimum Gasteiger partial charge on any atom is -0.316 e. The van der Waals surface area contributed by atoms with E-state index in [1.807, 2.05) is 53.1 Å². The van der Waals surface area contributed by atoms with Crippen molar-refractivity contribution in [2.45, 2.75) is 6.54 Å². The first-order valence-corrected chi connectivity index (χ1v) is 11.3. The molecule has 4 aromatic carbocycles. The van der Waals surface area contributed by atoms with Crippen molar-refractivity contribution >= 4 is 11.5 Å². The second-order valence-electron chi connectivity index (χ2n) is 8.18. The summed E-state index contributed by atoms with van der Waals surface area (Å²) in [5, 5.41) is 11.2. The highest BCUT2D eigenvalue weighted by atomic mass is 19.1. The molecule has 1 aromatic heterocycles. The van der Waals surface area contributed by atoms with Gasteiger partial charge in [0, 0.05) is 34.4 Å². The molecule has 1 heterocycles. The van der Waals surface area contributed by atoms with Gasteiger partial charge in [0.1, 0.15) is 11.6 Å². The summed E-state index contributed by atoms with van der Waals surface area (Å²) in [5.41, 5.74) is 3.91. The maximum Gasteiger partial charge on any atom is 0.269 e. The lowest BCUT2D eigenvalue weighted by molar-refractivity contribution is -0.384. The Hall–Kier alpha value is -4.91. The number of imidazole rings is 1. The number of Topliss-reactive ketones (excluding diaryl/α,β-unsaturated/α-hetero) is 1. The predicted molar refractivity (Wildman–Crippen MR) is 136 cm³/mol. The van der Waals surface area contributed by atoms with Crippen molar-refractivity contribution in [3.8, 4) is 33.9 Å². The molecule has 5 aromatic rings. The van der Waals surface area contributed by atoms with Crippen LogP contribution in [0.3, 0.4) is 0 Å². The number of hydrogen-bond donors (Lipinski definition) is 0. The largest absolute Gasteiger partial charge is 0.316 e. The lowest BCUT2D eigenvalue weighted by Gasteiger charge is -2.13. The lowest BCUT2D eigenvalue weighted by atomic mass is 10.0. The van der Waals surface area contributed by atoms with Crippen molar-refractivity contribution in [1.29, 1.82) is 0 Å². The van der Waals surface area contributed by atoms with E-state index in [1.54, 1.807) is 36.4 Å². The summed E-state index contributed by atoms with van der Waals surface area (Å²) in [6, 6.07) is 30.6. The van der Waals surface area contributed by atoms with Crippen molar-refractivity contribution in [2.24, 2.45) is 0 Å². The smallest absolute Gasteiger partial charge is 0.269 e. The van der Waals surface area contributed by atoms with Crippen LogP contribution >= 0.6 is 0 Å². The van der Waals surface area contributed by atoms with E-state index in [4.69, 9.17) is 4.98 Å². The second kappa shape index (κ2) is 9.76. The van der Waals surface area contributed by atoms with Gasteiger partial charge in [0.25, 0.3) is 5.69 Å². The quantitative estimate of drug-likeness (QED) is 0.146. The average molecular weight is 477 g/mol. The molecule has 0 atom stereocenters. The van der Waals surface area contributed by atoms with E-state index in [2.05, 4.69) is 0 Å². The molecule has 0 saturated heterocycles. The summed E-state index contributed by atoms with van der Waals surface area (Å²) in [6.07, 6.45) is 0. The van der Waals surface area contributed by atoms with Crippen LogP contribution in [0, 0.1) is 15.9 Å². The minimum absolute atomic E-state index is 0.000925. The lowest BCUT2D eigenvalue weighted by Crippen LogP contribution is -2.13. The van der Waals surface area contributed by atoms with Gasteiger partial charge in [-0.15, -0.1) is 0 Å². The maximum absolute atomic E-state index is 13.7. The molecule has 0 saturated carbocycles. The average Bonchev–Trinajstić information content (AvgIpc) is 3.29. The van der Waals surface area contributed by atoms with Crippen LogP contribution in [0.2, 0.25) is 0 Å². The standard InChI is InChI=1S/C29H20FN3O3/c30-24-15-11-23(12-16-24)29-31-27(21-13-17-25(18-14-21)33(35)36)28(22-9-5-2-6-10-22)32(29)19-26(34)20-7-3-1-4-8-20/h1-18H,19H2. The molecule has 0 bridgehead atoms. The van der Waals surface area contributed by atoms with Crippen molar-refractivity contribution in [3.63, 3.8) is 0 Å². The van der Waals surface area contributed by atoms with Gasteiger partial charge in [-0.1, -0.05) is 60.7 Å². The Kier molecular flexibility index (Phi) is 6.19. The van der Waals surface area contributed by atoms with Crippen LogP contribution in [-0.4, -0.2) is 20.3 Å². The molecule has 0 fully saturated rings. The molecule has 0 aliphatic rings. The predicted octanol–water partition coefficient (Wildman–Crippen LogP) is 6.81. The molecule has 6 nitrogen and oxygen atoms in total. The van der Waals surface area contributed by atoms with Gasteiger partial charge in [0.05, 0.1) is 22.9 Å². The van der Waals surface area contributed by atoms with Crippen LogP contribution in [0.1, 0.15) is 10.4 Å². The number of rotatable bonds is 7. The number of ketones is 1. The second-order valence-corrected chi connectivity index (χ2v) is 8.18. The minimum atomic E-state index is -0.455. The normalized spacial score (nSPS) is 10.8. The molecular formula is C29H20FN3O3. The Labute approximate surface area is 206 Å². The molecule has 176 valence electrons. The number of non-ortho nitro benzene ring substituents is 1. The number of halogens is 1. The van der Waals surface area contributed by atoms with Gasteiger partial charge in [0.15, 0.2) is 5.78 Å². The molecule has 36 heavy (non-hydrogen) atoms. The first kappa shape index (κ1) is 22.9. The molecule has 0 unspecified atom stereocenters. The number of aromatic nitrogens is 2. The Morgan fingerprint density at radius 3 is 1.97 bits per heavy atom. The van der Waals surface area contributed by atoms with Crippen LogP contribution in [0.15, 0.2) is 109 Å². The van der Waals surface area contributed by atoms with Gasteiger partial charge in [0.2, 0.25) is 0 Å². The molecule has 0 aliphatic carbocycles. The van der Waals surface area contributed by atoms with E-state index in [0.29, 0.717) is 33.9 Å². The van der Waals surface area contributed by atoms with E-state index in [-0.39, 0.29) is 23.8 Å². The molecule has 0 aliphatic heterocycles. The summed E-state index contributed by atoms with van der Waals surface area (Å²) in [6.45, 7) is 0.000925. The van der Waals surface area contributed by atoms with Crippen molar-refractivity contribution in [1.82, 2.24) is 9.55 Å². The van der Waals surface area contributed by atoms with Crippen molar-refractivity contribution in [2.75, 3.05) is 0 Å². The van der Waals surface area contributed by atoms with Gasteiger partial charge in [-0.3, -0.25) is 14.9 Å². The van der Waals surface area contributed by atoms with Gasteiger partial charge in [-0.2, -0.15) is 0 Å². The van der Waals surface area contributed by atoms with Crippen LogP contribution in [-0.2, 0) is 6.54 Å². The highest BCUT2D eigenvalue weighted by Crippen LogP contribution is 2.37. The van der Waals surface area contributed by atoms with Crippen molar-refractivity contribution in [3.05, 3.63) is 131 Å². The summed E-state index contributed by atoms with van der Waals surface area (Å²) < 4.78 is 15.5. The molecule has 0 N–H and O–H groups in total.